The van der Waals surface area contributed by atoms with Crippen LogP contribution in [0.4, 0.5) is 0 Å². The first kappa shape index (κ1) is 120. The minimum atomic E-state index is -1.12. The van der Waals surface area contributed by atoms with Crippen LogP contribution < -0.4 is 42.9 Å². The number of benzene rings is 1. The van der Waals surface area contributed by atoms with Crippen molar-refractivity contribution < 1.29 is 133 Å². The van der Waals surface area contributed by atoms with E-state index in [0.717, 1.165) is 11.1 Å². The fourth-order valence-corrected chi connectivity index (χ4v) is 6.74. The van der Waals surface area contributed by atoms with Gasteiger partial charge in [0.15, 0.2) is 5.78 Å². The molecule has 1 heterocycles. The van der Waals surface area contributed by atoms with Crippen LogP contribution in [0.15, 0.2) is 74.9 Å². The van der Waals surface area contributed by atoms with E-state index in [1.165, 1.54) is 38.2 Å². The number of ketones is 1. The number of aliphatic carboxylic acids is 3. The van der Waals surface area contributed by atoms with E-state index in [1.54, 1.807) is 72.7 Å². The van der Waals surface area contributed by atoms with Gasteiger partial charge < -0.3 is 60.6 Å². The molecule has 1 aromatic rings. The predicted molar refractivity (Wildman–Crippen MR) is 500 cm³/mol. The van der Waals surface area contributed by atoms with E-state index in [2.05, 4.69) is 223 Å². The summed E-state index contributed by atoms with van der Waals surface area (Å²) in [5.74, 6) is -11.0. The quantitative estimate of drug-likeness (QED) is 0.0111. The van der Waals surface area contributed by atoms with Gasteiger partial charge in [0.05, 0.1) is 62.0 Å². The Morgan fingerprint density at radius 2 is 0.814 bits per heavy atom. The number of carboxylic acid groups (broad SMARTS) is 3. The second kappa shape index (κ2) is 77.5. The first-order valence-electron chi connectivity index (χ1n) is 29.4. The number of amides is 4. The molecule has 0 unspecified atom stereocenters. The van der Waals surface area contributed by atoms with Crippen LogP contribution in [0.3, 0.4) is 0 Å². The third kappa shape index (κ3) is 71.6. The predicted octanol–water partition coefficient (Wildman–Crippen LogP) is 10.3. The molecule has 8 N–H and O–H groups in total. The van der Waals surface area contributed by atoms with Gasteiger partial charge in [-0.1, -0.05) is 130 Å². The van der Waals surface area contributed by atoms with E-state index in [9.17, 15) is 62.3 Å². The number of hydroxylamine groups is 2. The number of imide groups is 1. The average Bonchev–Trinajstić information content (AvgIpc) is 1.67. The number of rotatable bonds is 34. The molecule has 7 atom stereocenters. The van der Waals surface area contributed by atoms with Crippen LogP contribution in [0.5, 0.6) is 0 Å². The summed E-state index contributed by atoms with van der Waals surface area (Å²) < 4.78 is 19.3. The number of Topliss-reactive ketones (excluding diaryl/α,β-unsaturated/α-hetero) is 1. The summed E-state index contributed by atoms with van der Waals surface area (Å²) in [5, 5.41) is 40.0. The Morgan fingerprint density at radius 3 is 1.06 bits per heavy atom. The number of nitrogens with one attached hydrogen (secondary N) is 2. The number of halogens is 15. The summed E-state index contributed by atoms with van der Waals surface area (Å²) in [7, 11) is -0.599. The Morgan fingerprint density at radius 1 is 0.539 bits per heavy atom. The molecule has 0 radical (unpaired) electrons. The summed E-state index contributed by atoms with van der Waals surface area (Å²) in [4.78, 5) is 153. The van der Waals surface area contributed by atoms with Crippen LogP contribution >= 0.6 is 226 Å². The fraction of sp³-hybridized carbons (Fsp3) is 0.557. The summed E-state index contributed by atoms with van der Waals surface area (Å²) in [6.45, 7) is 32.7. The van der Waals surface area contributed by atoms with Crippen molar-refractivity contribution in [3.8, 4) is 0 Å². The molecular formula is C61H93I15N4O22-2. The number of nitrogens with two attached hydrogens (primary N) is 1. The first-order valence-corrected chi connectivity index (χ1v) is 92.2. The number of carbonyl (C=O) groups excluding carboxylic acids is 10. The van der Waals surface area contributed by atoms with Gasteiger partial charge in [-0.2, -0.15) is 0 Å². The standard InChI is InChI=1S/C21H29NO5.C14H19NO6.C13H21NO5.C10H16O4.C3H7NO2.I5.I4.I3.I2.HI/c1-5-10-27-20(25)12-18(14(2)3)21(26)22-15(4)19(24)11-16-6-8-17(13-23)9-7-16;1-4-7-20-13(18)8-10(9(2)3)14(19)21-15-11(16)5-6-12(15)17;1-5-6-19-11(15)7-10(8(2)3)12(16)14-9(4)13(17)18;1-4-5-14-9(11)6-8(7(2)3)10(12)13;1-2(4)3(5)6;1-4-5(2)3;1-4(2)3;1-3-2;1-2;/h5-9,14-15,18,23H,1,10-13H2,2-4H3,(H,22,26);4,9-10H,1,5-8H2,2-3H3;5,8-10H,1,6-7H2,2-4H3,(H,14,16)(H,17,18);4,7-8H,1,5-6H2,2-3H3,(H,12,13);2H,4H2,1H3,(H,5,6);;;;;1H/q;;;;;-1;;-1;;/t15-,18-;10-;9-,10-;8-;2-;;;;;/m00000...../s1. The van der Waals surface area contributed by atoms with Crippen molar-refractivity contribution in [1.29, 1.82) is 0 Å². The van der Waals surface area contributed by atoms with Crippen LogP contribution in [-0.4, -0.2) is 147 Å². The number of hydrogen-bond acceptors (Lipinski definition) is 20. The van der Waals surface area contributed by atoms with E-state index in [-0.39, 0.29) is 153 Å². The molecule has 1 saturated heterocycles. The molecule has 41 heteroatoms. The summed E-state index contributed by atoms with van der Waals surface area (Å²) in [6, 6.07) is 4.70. The van der Waals surface area contributed by atoms with Gasteiger partial charge in [-0.3, -0.25) is 57.5 Å². The third-order valence-corrected chi connectivity index (χ3v) is 94.9. The Labute approximate surface area is 749 Å². The number of ether oxygens (including phenoxy) is 4. The van der Waals surface area contributed by atoms with E-state index in [1.807, 2.05) is 13.8 Å². The molecule has 1 aliphatic rings. The number of carboxylic acids is 3. The van der Waals surface area contributed by atoms with Gasteiger partial charge in [0.1, 0.15) is 38.5 Å². The van der Waals surface area contributed by atoms with Crippen LogP contribution in [-0.2, 0) is 99.1 Å². The zero-order chi connectivity index (χ0) is 80.2. The molecule has 1 aromatic carbocycles. The van der Waals surface area contributed by atoms with Crippen molar-refractivity contribution in [2.24, 2.45) is 53.1 Å². The molecule has 102 heavy (non-hydrogen) atoms. The monoisotopic (exact) mass is 3140 g/mol. The molecule has 26 nitrogen and oxygen atoms in total. The van der Waals surface area contributed by atoms with Gasteiger partial charge in [0.25, 0.3) is 11.8 Å². The molecule has 0 aliphatic carbocycles. The van der Waals surface area contributed by atoms with Gasteiger partial charge in [0, 0.05) is 56.5 Å². The minimum absolute atomic E-state index is 0. The van der Waals surface area contributed by atoms with Gasteiger partial charge >= 0.3 is 239 Å². The van der Waals surface area contributed by atoms with Crippen LogP contribution in [0.1, 0.15) is 126 Å². The van der Waals surface area contributed by atoms with E-state index >= 15 is 0 Å². The third-order valence-electron chi connectivity index (χ3n) is 12.3. The Hall–Kier alpha value is 2.56. The SMILES string of the molecule is C=CCOC(=O)C[C@H](C(=O)N[C@@H](C)C(=O)Cc1ccc(CO)cc1)C(C)C.C=CCOC(=O)C[C@H](C(=O)N[C@@H](C)C(=O)O)C(C)C.C=CCOC(=O)C[C@H](C(=O)O)C(C)C.C=CCOC(=O)C[C@H](C(=O)ON1C(=O)CCC1=O)C(C)C.C[C@H](N)C(=O)O.I.II.II(I)I.I[I-]I.I[I-]I(I)I. The van der Waals surface area contributed by atoms with Crippen molar-refractivity contribution in [2.75, 3.05) is 26.4 Å². The zero-order valence-electron chi connectivity index (χ0n) is 57.6. The van der Waals surface area contributed by atoms with E-state index in [0.29, 0.717) is 31.6 Å². The van der Waals surface area contributed by atoms with Gasteiger partial charge in [0.2, 0.25) is 11.8 Å². The molecule has 4 amide bonds. The molecule has 0 aromatic heterocycles. The summed E-state index contributed by atoms with van der Waals surface area (Å²) >= 11 is 25.3. The second-order valence-corrected chi connectivity index (χ2v) is 151. The topological polar surface area (TPSA) is 402 Å². The van der Waals surface area contributed by atoms with E-state index < -0.39 is 107 Å². The number of hydrogen-bond donors (Lipinski definition) is 7. The Bertz CT molecular complexity index is 2630. The Kier molecular flexibility index (Phi) is 91.4. The van der Waals surface area contributed by atoms with Crippen molar-refractivity contribution >= 4 is 303 Å². The van der Waals surface area contributed by atoms with Crippen molar-refractivity contribution in [2.45, 2.75) is 146 Å². The molecule has 596 valence electrons. The van der Waals surface area contributed by atoms with Gasteiger partial charge in [-0.25, -0.2) is 4.79 Å². The number of esters is 4. The summed E-state index contributed by atoms with van der Waals surface area (Å²) in [6.07, 6.45) is 5.63. The van der Waals surface area contributed by atoms with Crippen LogP contribution in [0.25, 0.3) is 0 Å². The van der Waals surface area contributed by atoms with Crippen molar-refractivity contribution in [1.82, 2.24) is 15.7 Å². The maximum absolute atomic E-state index is 12.5. The normalized spacial score (nSPS) is 13.0. The van der Waals surface area contributed by atoms with Crippen molar-refractivity contribution in [3.05, 3.63) is 86.0 Å². The molecule has 0 spiro atoms. The summed E-state index contributed by atoms with van der Waals surface area (Å²) in [5.41, 5.74) is 6.42. The molecule has 0 saturated carbocycles. The van der Waals surface area contributed by atoms with Gasteiger partial charge in [-0.15, -0.1) is 29.0 Å². The second-order valence-electron chi connectivity index (χ2n) is 21.4. The number of aliphatic hydroxyl groups excluding tert-OH is 1. The van der Waals surface area contributed by atoms with Gasteiger partial charge in [-0.05, 0) is 55.6 Å². The fourth-order valence-electron chi connectivity index (χ4n) is 6.74. The molecule has 1 aliphatic heterocycles. The average molecular weight is 3140 g/mol. The number of nitrogens with zero attached hydrogens (tertiary/aromatic N) is 1. The van der Waals surface area contributed by atoms with Crippen molar-refractivity contribution in [3.63, 3.8) is 0 Å². The van der Waals surface area contributed by atoms with E-state index in [4.69, 9.17) is 49.9 Å². The number of aliphatic hydroxyl groups is 1. The van der Waals surface area contributed by atoms with Crippen LogP contribution in [0.2, 0.25) is 0 Å². The molecular weight excluding hydrogens is 3040 g/mol. The zero-order valence-corrected chi connectivity index (χ0v) is 90.2. The Balaban J connectivity index is -0.000000178. The maximum atomic E-state index is 12.5. The first-order chi connectivity index (χ1) is 47.0. The number of carbonyl (C=O) groups is 13. The molecule has 2 rings (SSSR count). The molecule has 1 fully saturated rings. The molecule has 0 bridgehead atoms. The van der Waals surface area contributed by atoms with Crippen LogP contribution in [0, 0.1) is 47.3 Å².